The highest BCUT2D eigenvalue weighted by atomic mass is 16.8. The van der Waals surface area contributed by atoms with Crippen LogP contribution in [0.15, 0.2) is 5.18 Å². The standard InChI is InChI=1S/C12H19NO6/c1-11(2)15-5-6(17-11)8-7(13-14)9-10(16-8)19-12(3,4)18-9/h6-10H,5H2,1-4H3/t6?,7-,8+,9+,10?/m0/s1. The van der Waals surface area contributed by atoms with E-state index in [0.717, 1.165) is 0 Å². The molecule has 2 unspecified atom stereocenters. The van der Waals surface area contributed by atoms with Crippen molar-refractivity contribution in [3.63, 3.8) is 0 Å². The fourth-order valence-electron chi connectivity index (χ4n) is 2.82. The van der Waals surface area contributed by atoms with Gasteiger partial charge in [0.25, 0.3) is 0 Å². The molecule has 7 heteroatoms. The molecule has 7 nitrogen and oxygen atoms in total. The molecule has 0 aromatic rings. The van der Waals surface area contributed by atoms with Crippen LogP contribution in [0.5, 0.6) is 0 Å². The Morgan fingerprint density at radius 1 is 1.00 bits per heavy atom. The van der Waals surface area contributed by atoms with Crippen molar-refractivity contribution in [2.75, 3.05) is 6.61 Å². The Balaban J connectivity index is 1.74. The number of hydrogen-bond acceptors (Lipinski definition) is 7. The van der Waals surface area contributed by atoms with Crippen molar-refractivity contribution in [1.29, 1.82) is 0 Å². The third-order valence-electron chi connectivity index (χ3n) is 3.57. The van der Waals surface area contributed by atoms with E-state index in [9.17, 15) is 4.91 Å². The summed E-state index contributed by atoms with van der Waals surface area (Å²) in [6.07, 6.45) is -1.89. The van der Waals surface area contributed by atoms with E-state index in [-0.39, 0.29) is 6.10 Å². The van der Waals surface area contributed by atoms with Crippen molar-refractivity contribution in [2.24, 2.45) is 5.18 Å². The molecular formula is C12H19NO6. The zero-order valence-corrected chi connectivity index (χ0v) is 11.5. The summed E-state index contributed by atoms with van der Waals surface area (Å²) in [5.41, 5.74) is 0. The lowest BCUT2D eigenvalue weighted by Crippen LogP contribution is -2.41. The smallest absolute Gasteiger partial charge is 0.190 e. The van der Waals surface area contributed by atoms with Crippen LogP contribution in [0.2, 0.25) is 0 Å². The maximum absolute atomic E-state index is 11.1. The fourth-order valence-corrected chi connectivity index (χ4v) is 2.82. The number of hydrogen-bond donors (Lipinski definition) is 0. The Hall–Kier alpha value is -0.600. The van der Waals surface area contributed by atoms with Gasteiger partial charge in [-0.15, -0.1) is 0 Å². The number of nitroso groups, excluding NO2 is 1. The second-order valence-corrected chi connectivity index (χ2v) is 6.03. The summed E-state index contributed by atoms with van der Waals surface area (Å²) in [6.45, 7) is 7.57. The first-order valence-electron chi connectivity index (χ1n) is 6.47. The van der Waals surface area contributed by atoms with Crippen molar-refractivity contribution >= 4 is 0 Å². The SMILES string of the molecule is CC1(C)OCC([C@H]2OC3OC(C)(C)O[C@@H]3[C@H]2N=O)O1. The van der Waals surface area contributed by atoms with Crippen LogP contribution in [0, 0.1) is 4.91 Å². The van der Waals surface area contributed by atoms with Gasteiger partial charge >= 0.3 is 0 Å². The first-order valence-corrected chi connectivity index (χ1v) is 6.47. The quantitative estimate of drug-likeness (QED) is 0.702. The van der Waals surface area contributed by atoms with Gasteiger partial charge in [-0.2, -0.15) is 4.91 Å². The van der Waals surface area contributed by atoms with E-state index in [2.05, 4.69) is 5.18 Å². The van der Waals surface area contributed by atoms with E-state index >= 15 is 0 Å². The summed E-state index contributed by atoms with van der Waals surface area (Å²) < 4.78 is 28.3. The molecule has 0 bridgehead atoms. The minimum atomic E-state index is -0.754. The maximum atomic E-state index is 11.1. The summed E-state index contributed by atoms with van der Waals surface area (Å²) >= 11 is 0. The average Bonchev–Trinajstić information content (AvgIpc) is 2.87. The summed E-state index contributed by atoms with van der Waals surface area (Å²) in [7, 11) is 0. The molecule has 0 aliphatic carbocycles. The first-order chi connectivity index (χ1) is 8.81. The van der Waals surface area contributed by atoms with Gasteiger partial charge < -0.3 is 23.7 Å². The fraction of sp³-hybridized carbons (Fsp3) is 1.00. The Bertz CT molecular complexity index is 384. The van der Waals surface area contributed by atoms with E-state index in [1.54, 1.807) is 13.8 Å². The second-order valence-electron chi connectivity index (χ2n) is 6.03. The van der Waals surface area contributed by atoms with Crippen molar-refractivity contribution in [3.8, 4) is 0 Å². The monoisotopic (exact) mass is 273 g/mol. The van der Waals surface area contributed by atoms with E-state index in [0.29, 0.717) is 6.61 Å². The van der Waals surface area contributed by atoms with Gasteiger partial charge in [0.05, 0.1) is 6.61 Å². The highest BCUT2D eigenvalue weighted by Crippen LogP contribution is 2.41. The van der Waals surface area contributed by atoms with Crippen LogP contribution in [-0.2, 0) is 23.7 Å². The van der Waals surface area contributed by atoms with Gasteiger partial charge in [-0.1, -0.05) is 5.18 Å². The Labute approximate surface area is 111 Å². The van der Waals surface area contributed by atoms with Crippen LogP contribution < -0.4 is 0 Å². The van der Waals surface area contributed by atoms with Gasteiger partial charge in [0.15, 0.2) is 23.9 Å². The molecule has 5 atom stereocenters. The van der Waals surface area contributed by atoms with Gasteiger partial charge in [0.2, 0.25) is 0 Å². The highest BCUT2D eigenvalue weighted by Gasteiger charge is 2.59. The van der Waals surface area contributed by atoms with Crippen LogP contribution in [-0.4, -0.2) is 48.8 Å². The van der Waals surface area contributed by atoms with Crippen LogP contribution >= 0.6 is 0 Å². The van der Waals surface area contributed by atoms with Crippen molar-refractivity contribution in [1.82, 2.24) is 0 Å². The molecule has 0 amide bonds. The summed E-state index contributed by atoms with van der Waals surface area (Å²) in [6, 6.07) is -0.644. The predicted molar refractivity (Wildman–Crippen MR) is 63.2 cm³/mol. The van der Waals surface area contributed by atoms with E-state index < -0.39 is 36.1 Å². The lowest BCUT2D eigenvalue weighted by molar-refractivity contribution is -0.222. The van der Waals surface area contributed by atoms with Crippen molar-refractivity contribution < 1.29 is 23.7 Å². The van der Waals surface area contributed by atoms with Crippen LogP contribution in [0.4, 0.5) is 0 Å². The zero-order chi connectivity index (χ0) is 13.8. The molecule has 0 spiro atoms. The Morgan fingerprint density at radius 3 is 2.32 bits per heavy atom. The minimum absolute atomic E-state index is 0.335. The number of nitrogens with zero attached hydrogens (tertiary/aromatic N) is 1. The van der Waals surface area contributed by atoms with E-state index in [1.807, 2.05) is 13.8 Å². The average molecular weight is 273 g/mol. The molecule has 0 N–H and O–H groups in total. The first kappa shape index (κ1) is 13.4. The Kier molecular flexibility index (Phi) is 2.96. The van der Waals surface area contributed by atoms with Gasteiger partial charge in [0, 0.05) is 0 Å². The normalized spacial score (nSPS) is 47.3. The molecule has 0 radical (unpaired) electrons. The lowest BCUT2D eigenvalue weighted by Gasteiger charge is -2.25. The molecular weight excluding hydrogens is 254 g/mol. The van der Waals surface area contributed by atoms with Crippen LogP contribution in [0.25, 0.3) is 0 Å². The number of fused-ring (bicyclic) bond motifs is 1. The molecule has 3 rings (SSSR count). The van der Waals surface area contributed by atoms with Gasteiger partial charge in [-0.25, -0.2) is 0 Å². The van der Waals surface area contributed by atoms with Gasteiger partial charge in [0.1, 0.15) is 18.3 Å². The lowest BCUT2D eigenvalue weighted by atomic mass is 10.0. The number of ether oxygens (including phenoxy) is 5. The largest absolute Gasteiger partial charge is 0.348 e. The maximum Gasteiger partial charge on any atom is 0.190 e. The summed E-state index contributed by atoms with van der Waals surface area (Å²) in [5.74, 6) is -1.42. The number of rotatable bonds is 2. The van der Waals surface area contributed by atoms with Crippen LogP contribution in [0.3, 0.4) is 0 Å². The molecule has 19 heavy (non-hydrogen) atoms. The van der Waals surface area contributed by atoms with Crippen molar-refractivity contribution in [2.45, 2.75) is 69.9 Å². The zero-order valence-electron chi connectivity index (χ0n) is 11.5. The molecule has 3 aliphatic heterocycles. The highest BCUT2D eigenvalue weighted by molar-refractivity contribution is 5.01. The summed E-state index contributed by atoms with van der Waals surface area (Å²) in [4.78, 5) is 11.1. The van der Waals surface area contributed by atoms with Crippen molar-refractivity contribution in [3.05, 3.63) is 4.91 Å². The van der Waals surface area contributed by atoms with E-state index in [4.69, 9.17) is 23.7 Å². The van der Waals surface area contributed by atoms with E-state index in [1.165, 1.54) is 0 Å². The van der Waals surface area contributed by atoms with Gasteiger partial charge in [-0.3, -0.25) is 0 Å². The molecule has 0 aromatic carbocycles. The molecule has 3 fully saturated rings. The molecule has 0 saturated carbocycles. The van der Waals surface area contributed by atoms with Gasteiger partial charge in [-0.05, 0) is 27.7 Å². The predicted octanol–water partition coefficient (Wildman–Crippen LogP) is 1.15. The third kappa shape index (κ3) is 2.30. The topological polar surface area (TPSA) is 75.6 Å². The molecule has 3 saturated heterocycles. The molecule has 3 heterocycles. The molecule has 108 valence electrons. The molecule has 0 aromatic heterocycles. The third-order valence-corrected chi connectivity index (χ3v) is 3.57. The summed E-state index contributed by atoms with van der Waals surface area (Å²) in [5, 5.41) is 3.15. The Morgan fingerprint density at radius 2 is 1.74 bits per heavy atom. The minimum Gasteiger partial charge on any atom is -0.348 e. The molecule has 3 aliphatic rings. The second kappa shape index (κ2) is 4.20. The van der Waals surface area contributed by atoms with Crippen LogP contribution in [0.1, 0.15) is 27.7 Å².